The van der Waals surface area contributed by atoms with Crippen LogP contribution in [0.1, 0.15) is 12.5 Å². The van der Waals surface area contributed by atoms with Gasteiger partial charge in [0.1, 0.15) is 6.61 Å². The van der Waals surface area contributed by atoms with Gasteiger partial charge in [-0.15, -0.1) is 0 Å². The summed E-state index contributed by atoms with van der Waals surface area (Å²) in [6.07, 6.45) is -0.0115. The molecule has 0 fully saturated rings. The van der Waals surface area contributed by atoms with Crippen molar-refractivity contribution in [3.8, 4) is 0 Å². The maximum absolute atomic E-state index is 11.9. The van der Waals surface area contributed by atoms with Crippen molar-refractivity contribution in [2.24, 2.45) is 5.92 Å². The van der Waals surface area contributed by atoms with E-state index in [0.717, 1.165) is 5.56 Å². The van der Waals surface area contributed by atoms with Gasteiger partial charge in [0, 0.05) is 27.3 Å². The van der Waals surface area contributed by atoms with E-state index >= 15 is 0 Å². The van der Waals surface area contributed by atoms with Crippen LogP contribution in [0.2, 0.25) is 0 Å². The first-order valence-corrected chi connectivity index (χ1v) is 7.10. The SMILES string of the molecule is COCC(CNCC(C)C(=O)OCc1ccccc1)OC. The molecule has 5 nitrogen and oxygen atoms in total. The van der Waals surface area contributed by atoms with Gasteiger partial charge in [0.05, 0.1) is 18.6 Å². The number of hydrogen-bond donors (Lipinski definition) is 1. The Labute approximate surface area is 126 Å². The van der Waals surface area contributed by atoms with Gasteiger partial charge < -0.3 is 19.5 Å². The van der Waals surface area contributed by atoms with Crippen molar-refractivity contribution < 1.29 is 19.0 Å². The van der Waals surface area contributed by atoms with Crippen LogP contribution < -0.4 is 5.32 Å². The molecule has 1 aromatic carbocycles. The molecule has 0 amide bonds. The van der Waals surface area contributed by atoms with Gasteiger partial charge in [0.25, 0.3) is 0 Å². The zero-order chi connectivity index (χ0) is 15.5. The predicted molar refractivity (Wildman–Crippen MR) is 80.9 cm³/mol. The molecule has 2 atom stereocenters. The fourth-order valence-electron chi connectivity index (χ4n) is 1.81. The topological polar surface area (TPSA) is 56.8 Å². The van der Waals surface area contributed by atoms with Crippen LogP contribution in [-0.2, 0) is 25.6 Å². The molecule has 0 heterocycles. The average molecular weight is 295 g/mol. The van der Waals surface area contributed by atoms with Crippen LogP contribution >= 0.6 is 0 Å². The molecule has 1 N–H and O–H groups in total. The first kappa shape index (κ1) is 17.6. The van der Waals surface area contributed by atoms with Gasteiger partial charge >= 0.3 is 5.97 Å². The van der Waals surface area contributed by atoms with Crippen LogP contribution in [0.15, 0.2) is 30.3 Å². The summed E-state index contributed by atoms with van der Waals surface area (Å²) in [7, 11) is 3.28. The molecular weight excluding hydrogens is 270 g/mol. The van der Waals surface area contributed by atoms with Crippen LogP contribution in [0.3, 0.4) is 0 Å². The van der Waals surface area contributed by atoms with Crippen molar-refractivity contribution in [1.29, 1.82) is 0 Å². The summed E-state index contributed by atoms with van der Waals surface area (Å²) in [6.45, 7) is 3.88. The van der Waals surface area contributed by atoms with E-state index in [-0.39, 0.29) is 18.0 Å². The lowest BCUT2D eigenvalue weighted by Gasteiger charge is -2.17. The summed E-state index contributed by atoms with van der Waals surface area (Å²) in [5.74, 6) is -0.402. The third-order valence-corrected chi connectivity index (χ3v) is 3.13. The number of carbonyl (C=O) groups is 1. The lowest BCUT2D eigenvalue weighted by atomic mass is 10.2. The summed E-state index contributed by atoms with van der Waals surface area (Å²) in [5, 5.41) is 3.19. The van der Waals surface area contributed by atoms with Crippen LogP contribution in [0, 0.1) is 5.92 Å². The Morgan fingerprint density at radius 3 is 2.52 bits per heavy atom. The molecule has 0 saturated heterocycles. The molecule has 0 spiro atoms. The third kappa shape index (κ3) is 7.22. The van der Waals surface area contributed by atoms with E-state index in [0.29, 0.717) is 26.3 Å². The highest BCUT2D eigenvalue weighted by Crippen LogP contribution is 2.04. The van der Waals surface area contributed by atoms with Gasteiger partial charge in [-0.1, -0.05) is 37.3 Å². The van der Waals surface area contributed by atoms with Crippen molar-refractivity contribution in [3.63, 3.8) is 0 Å². The van der Waals surface area contributed by atoms with Crippen LogP contribution in [0.25, 0.3) is 0 Å². The Bertz CT molecular complexity index is 397. The van der Waals surface area contributed by atoms with Crippen LogP contribution in [0.5, 0.6) is 0 Å². The molecule has 0 aromatic heterocycles. The average Bonchev–Trinajstić information content (AvgIpc) is 2.52. The number of ether oxygens (including phenoxy) is 3. The van der Waals surface area contributed by atoms with Crippen molar-refractivity contribution >= 4 is 5.97 Å². The molecule has 0 aliphatic rings. The number of carbonyl (C=O) groups excluding carboxylic acids is 1. The van der Waals surface area contributed by atoms with E-state index in [1.807, 2.05) is 37.3 Å². The van der Waals surface area contributed by atoms with Gasteiger partial charge in [-0.2, -0.15) is 0 Å². The molecule has 0 bridgehead atoms. The Morgan fingerprint density at radius 1 is 1.19 bits per heavy atom. The third-order valence-electron chi connectivity index (χ3n) is 3.13. The van der Waals surface area contributed by atoms with Gasteiger partial charge in [-0.05, 0) is 5.56 Å². The largest absolute Gasteiger partial charge is 0.461 e. The highest BCUT2D eigenvalue weighted by atomic mass is 16.5. The molecule has 0 aliphatic carbocycles. The fraction of sp³-hybridized carbons (Fsp3) is 0.562. The fourth-order valence-corrected chi connectivity index (χ4v) is 1.81. The minimum Gasteiger partial charge on any atom is -0.461 e. The predicted octanol–water partition coefficient (Wildman–Crippen LogP) is 1.62. The standard InChI is InChI=1S/C16H25NO4/c1-13(9-17-10-15(20-3)12-19-2)16(18)21-11-14-7-5-4-6-8-14/h4-8,13,15,17H,9-12H2,1-3H3. The zero-order valence-corrected chi connectivity index (χ0v) is 13.0. The number of benzene rings is 1. The first-order valence-electron chi connectivity index (χ1n) is 7.10. The Morgan fingerprint density at radius 2 is 1.90 bits per heavy atom. The quantitative estimate of drug-likeness (QED) is 0.665. The molecule has 1 aromatic rings. The van der Waals surface area contributed by atoms with E-state index < -0.39 is 0 Å². The Balaban J connectivity index is 2.22. The Kier molecular flexibility index (Phi) is 8.66. The molecule has 1 rings (SSSR count). The monoisotopic (exact) mass is 295 g/mol. The molecule has 2 unspecified atom stereocenters. The number of nitrogens with one attached hydrogen (secondary N) is 1. The van der Waals surface area contributed by atoms with Gasteiger partial charge in [-0.25, -0.2) is 0 Å². The van der Waals surface area contributed by atoms with Crippen molar-refractivity contribution in [3.05, 3.63) is 35.9 Å². The van der Waals surface area contributed by atoms with Crippen molar-refractivity contribution in [1.82, 2.24) is 5.32 Å². The second-order valence-corrected chi connectivity index (χ2v) is 4.97. The van der Waals surface area contributed by atoms with Gasteiger partial charge in [0.15, 0.2) is 0 Å². The lowest BCUT2D eigenvalue weighted by molar-refractivity contribution is -0.149. The summed E-state index contributed by atoms with van der Waals surface area (Å²) in [5.41, 5.74) is 0.991. The second kappa shape index (κ2) is 10.3. The highest BCUT2D eigenvalue weighted by molar-refractivity contribution is 5.72. The van der Waals surface area contributed by atoms with E-state index in [2.05, 4.69) is 5.32 Å². The van der Waals surface area contributed by atoms with Gasteiger partial charge in [-0.3, -0.25) is 4.79 Å². The number of esters is 1. The van der Waals surface area contributed by atoms with Crippen molar-refractivity contribution in [2.45, 2.75) is 19.6 Å². The zero-order valence-electron chi connectivity index (χ0n) is 13.0. The molecule has 0 radical (unpaired) electrons. The molecule has 5 heteroatoms. The maximum Gasteiger partial charge on any atom is 0.310 e. The molecule has 118 valence electrons. The summed E-state index contributed by atoms with van der Waals surface area (Å²) in [4.78, 5) is 11.9. The summed E-state index contributed by atoms with van der Waals surface area (Å²) < 4.78 is 15.6. The summed E-state index contributed by atoms with van der Waals surface area (Å²) >= 11 is 0. The van der Waals surface area contributed by atoms with E-state index in [1.165, 1.54) is 0 Å². The normalized spacial score (nSPS) is 13.7. The summed E-state index contributed by atoms with van der Waals surface area (Å²) in [6, 6.07) is 9.65. The number of hydrogen-bond acceptors (Lipinski definition) is 5. The molecule has 0 saturated carbocycles. The molecule has 21 heavy (non-hydrogen) atoms. The first-order chi connectivity index (χ1) is 10.2. The lowest BCUT2D eigenvalue weighted by Crippen LogP contribution is -2.36. The van der Waals surface area contributed by atoms with Crippen molar-refractivity contribution in [2.75, 3.05) is 33.9 Å². The molecular formula is C16H25NO4. The molecule has 0 aliphatic heterocycles. The minimum absolute atomic E-state index is 0.0115. The minimum atomic E-state index is -0.202. The van der Waals surface area contributed by atoms with E-state index in [9.17, 15) is 4.79 Å². The van der Waals surface area contributed by atoms with Gasteiger partial charge in [0.2, 0.25) is 0 Å². The second-order valence-electron chi connectivity index (χ2n) is 4.97. The van der Waals surface area contributed by atoms with E-state index in [4.69, 9.17) is 14.2 Å². The number of methoxy groups -OCH3 is 2. The smallest absolute Gasteiger partial charge is 0.310 e. The number of rotatable bonds is 10. The van der Waals surface area contributed by atoms with Crippen LogP contribution in [0.4, 0.5) is 0 Å². The van der Waals surface area contributed by atoms with Crippen LogP contribution in [-0.4, -0.2) is 46.0 Å². The maximum atomic E-state index is 11.9. The highest BCUT2D eigenvalue weighted by Gasteiger charge is 2.15. The van der Waals surface area contributed by atoms with E-state index in [1.54, 1.807) is 14.2 Å². The Hall–Kier alpha value is -1.43.